The number of hydrogen-bond acceptors (Lipinski definition) is 4. The van der Waals surface area contributed by atoms with Crippen LogP contribution in [0.2, 0.25) is 0 Å². The van der Waals surface area contributed by atoms with Crippen molar-refractivity contribution in [3.8, 4) is 0 Å². The Morgan fingerprint density at radius 3 is 2.92 bits per heavy atom. The van der Waals surface area contributed by atoms with Crippen molar-refractivity contribution in [2.45, 2.75) is 38.3 Å². The minimum Gasteiger partial charge on any atom is -0.294 e. The molecule has 5 rings (SSSR count). The van der Waals surface area contributed by atoms with Gasteiger partial charge >= 0.3 is 0 Å². The summed E-state index contributed by atoms with van der Waals surface area (Å²) in [6, 6.07) is 10.5. The standard InChI is InChI=1S/C20H20N4/c1-2-4-18-16(3-1)9-14(10-21-18)12-24-8-7-19-17(13-24)11-22-20(23-19)15-5-6-15/h1-4,9-11,15H,5-8,12-13H2. The van der Waals surface area contributed by atoms with Gasteiger partial charge < -0.3 is 0 Å². The van der Waals surface area contributed by atoms with Crippen LogP contribution in [0.3, 0.4) is 0 Å². The molecule has 24 heavy (non-hydrogen) atoms. The van der Waals surface area contributed by atoms with Gasteiger partial charge in [0.2, 0.25) is 0 Å². The van der Waals surface area contributed by atoms with Crippen LogP contribution in [0.5, 0.6) is 0 Å². The Morgan fingerprint density at radius 2 is 2.00 bits per heavy atom. The number of nitrogens with zero attached hydrogens (tertiary/aromatic N) is 4. The Labute approximate surface area is 141 Å². The first-order chi connectivity index (χ1) is 11.8. The van der Waals surface area contributed by atoms with Gasteiger partial charge in [0, 0.05) is 61.0 Å². The van der Waals surface area contributed by atoms with E-state index >= 15 is 0 Å². The Balaban J connectivity index is 1.34. The van der Waals surface area contributed by atoms with E-state index in [9.17, 15) is 0 Å². The summed E-state index contributed by atoms with van der Waals surface area (Å²) in [6.45, 7) is 2.93. The monoisotopic (exact) mass is 316 g/mol. The van der Waals surface area contributed by atoms with E-state index in [2.05, 4.69) is 45.3 Å². The summed E-state index contributed by atoms with van der Waals surface area (Å²) in [5.41, 5.74) is 4.89. The second-order valence-corrected chi connectivity index (χ2v) is 6.97. The lowest BCUT2D eigenvalue weighted by Crippen LogP contribution is -2.31. The summed E-state index contributed by atoms with van der Waals surface area (Å²) in [4.78, 5) is 16.4. The number of pyridine rings is 1. The predicted molar refractivity (Wildman–Crippen MR) is 93.6 cm³/mol. The van der Waals surface area contributed by atoms with Crippen molar-refractivity contribution >= 4 is 10.9 Å². The predicted octanol–water partition coefficient (Wildman–Crippen LogP) is 3.46. The molecule has 4 heteroatoms. The normalized spacial score (nSPS) is 17.8. The fourth-order valence-electron chi connectivity index (χ4n) is 3.52. The van der Waals surface area contributed by atoms with Crippen LogP contribution in [0.25, 0.3) is 10.9 Å². The van der Waals surface area contributed by atoms with Crippen molar-refractivity contribution in [1.29, 1.82) is 0 Å². The fraction of sp³-hybridized carbons (Fsp3) is 0.350. The lowest BCUT2D eigenvalue weighted by atomic mass is 10.1. The zero-order chi connectivity index (χ0) is 15.9. The van der Waals surface area contributed by atoms with Crippen LogP contribution in [-0.2, 0) is 19.5 Å². The molecule has 2 aromatic heterocycles. The largest absolute Gasteiger partial charge is 0.294 e. The van der Waals surface area contributed by atoms with Crippen LogP contribution in [0.15, 0.2) is 42.7 Å². The second kappa shape index (κ2) is 5.64. The van der Waals surface area contributed by atoms with Gasteiger partial charge in [0.1, 0.15) is 5.82 Å². The highest BCUT2D eigenvalue weighted by atomic mass is 15.1. The molecule has 2 aliphatic rings. The molecule has 0 N–H and O–H groups in total. The van der Waals surface area contributed by atoms with Crippen molar-refractivity contribution in [2.24, 2.45) is 0 Å². The zero-order valence-corrected chi connectivity index (χ0v) is 13.7. The maximum absolute atomic E-state index is 4.81. The fourth-order valence-corrected chi connectivity index (χ4v) is 3.52. The van der Waals surface area contributed by atoms with E-state index in [0.29, 0.717) is 5.92 Å². The Kier molecular flexibility index (Phi) is 3.30. The molecule has 1 aliphatic carbocycles. The molecule has 0 unspecified atom stereocenters. The average molecular weight is 316 g/mol. The Bertz CT molecular complexity index is 901. The topological polar surface area (TPSA) is 41.9 Å². The summed E-state index contributed by atoms with van der Waals surface area (Å²) in [7, 11) is 0. The quantitative estimate of drug-likeness (QED) is 0.742. The number of fused-ring (bicyclic) bond motifs is 2. The maximum atomic E-state index is 4.81. The van der Waals surface area contributed by atoms with E-state index in [0.717, 1.165) is 37.4 Å². The number of para-hydroxylation sites is 1. The van der Waals surface area contributed by atoms with E-state index < -0.39 is 0 Å². The third-order valence-electron chi connectivity index (χ3n) is 5.03. The molecule has 120 valence electrons. The van der Waals surface area contributed by atoms with E-state index in [-0.39, 0.29) is 0 Å². The molecule has 0 amide bonds. The van der Waals surface area contributed by atoms with Crippen molar-refractivity contribution in [2.75, 3.05) is 6.54 Å². The van der Waals surface area contributed by atoms with E-state index in [4.69, 9.17) is 4.98 Å². The van der Waals surface area contributed by atoms with Crippen molar-refractivity contribution in [1.82, 2.24) is 19.9 Å². The molecular formula is C20H20N4. The van der Waals surface area contributed by atoms with Gasteiger partial charge in [-0.2, -0.15) is 0 Å². The van der Waals surface area contributed by atoms with Gasteiger partial charge in [-0.15, -0.1) is 0 Å². The van der Waals surface area contributed by atoms with Crippen molar-refractivity contribution in [3.63, 3.8) is 0 Å². The SMILES string of the molecule is c1ccc2ncc(CN3CCc4nc(C5CC5)ncc4C3)cc2c1. The number of rotatable bonds is 3. The molecule has 0 saturated heterocycles. The lowest BCUT2D eigenvalue weighted by molar-refractivity contribution is 0.242. The third-order valence-corrected chi connectivity index (χ3v) is 5.03. The van der Waals surface area contributed by atoms with E-state index in [1.807, 2.05) is 12.3 Å². The molecule has 0 spiro atoms. The molecule has 4 nitrogen and oxygen atoms in total. The highest BCUT2D eigenvalue weighted by Gasteiger charge is 2.28. The van der Waals surface area contributed by atoms with Crippen LogP contribution in [0.1, 0.15) is 41.4 Å². The van der Waals surface area contributed by atoms with Gasteiger partial charge in [0.05, 0.1) is 5.52 Å². The molecule has 1 aliphatic heterocycles. The molecule has 1 fully saturated rings. The Morgan fingerprint density at radius 1 is 1.08 bits per heavy atom. The summed E-state index contributed by atoms with van der Waals surface area (Å²) < 4.78 is 0. The molecule has 0 atom stereocenters. The molecule has 3 heterocycles. The number of benzene rings is 1. The van der Waals surface area contributed by atoms with E-state index in [1.54, 1.807) is 0 Å². The lowest BCUT2D eigenvalue weighted by Gasteiger charge is -2.28. The average Bonchev–Trinajstić information content (AvgIpc) is 3.46. The van der Waals surface area contributed by atoms with Gasteiger partial charge in [-0.3, -0.25) is 9.88 Å². The van der Waals surface area contributed by atoms with Crippen LogP contribution >= 0.6 is 0 Å². The number of aromatic nitrogens is 3. The first-order valence-electron chi connectivity index (χ1n) is 8.76. The summed E-state index contributed by atoms with van der Waals surface area (Å²) >= 11 is 0. The van der Waals surface area contributed by atoms with Gasteiger partial charge in [-0.1, -0.05) is 18.2 Å². The molecule has 3 aromatic rings. The smallest absolute Gasteiger partial charge is 0.131 e. The van der Waals surface area contributed by atoms with Gasteiger partial charge in [-0.05, 0) is 30.5 Å². The van der Waals surface area contributed by atoms with Crippen LogP contribution in [-0.4, -0.2) is 26.4 Å². The summed E-state index contributed by atoms with van der Waals surface area (Å²) in [5, 5.41) is 1.21. The summed E-state index contributed by atoms with van der Waals surface area (Å²) in [5.74, 6) is 1.71. The second-order valence-electron chi connectivity index (χ2n) is 6.97. The first-order valence-corrected chi connectivity index (χ1v) is 8.76. The minimum absolute atomic E-state index is 0.636. The van der Waals surface area contributed by atoms with Crippen molar-refractivity contribution < 1.29 is 0 Å². The van der Waals surface area contributed by atoms with Gasteiger partial charge in [-0.25, -0.2) is 9.97 Å². The van der Waals surface area contributed by atoms with Crippen LogP contribution < -0.4 is 0 Å². The first kappa shape index (κ1) is 14.1. The molecular weight excluding hydrogens is 296 g/mol. The highest BCUT2D eigenvalue weighted by molar-refractivity contribution is 5.78. The third kappa shape index (κ3) is 2.67. The molecule has 0 radical (unpaired) electrons. The minimum atomic E-state index is 0.636. The Hall–Kier alpha value is -2.33. The van der Waals surface area contributed by atoms with Crippen LogP contribution in [0, 0.1) is 0 Å². The summed E-state index contributed by atoms with van der Waals surface area (Å²) in [6.07, 6.45) is 7.61. The molecule has 1 aromatic carbocycles. The zero-order valence-electron chi connectivity index (χ0n) is 13.7. The maximum Gasteiger partial charge on any atom is 0.131 e. The molecule has 1 saturated carbocycles. The number of hydrogen-bond donors (Lipinski definition) is 0. The van der Waals surface area contributed by atoms with Crippen molar-refractivity contribution in [3.05, 3.63) is 65.4 Å². The van der Waals surface area contributed by atoms with E-state index in [1.165, 1.54) is 35.0 Å². The molecule has 0 bridgehead atoms. The van der Waals surface area contributed by atoms with Crippen LogP contribution in [0.4, 0.5) is 0 Å². The van der Waals surface area contributed by atoms with Gasteiger partial charge in [0.15, 0.2) is 0 Å². The highest BCUT2D eigenvalue weighted by Crippen LogP contribution is 2.38. The van der Waals surface area contributed by atoms with Gasteiger partial charge in [0.25, 0.3) is 0 Å².